The summed E-state index contributed by atoms with van der Waals surface area (Å²) in [6.07, 6.45) is 2.05. The molecule has 0 unspecified atom stereocenters. The molecule has 70 valence electrons. The van der Waals surface area contributed by atoms with Crippen LogP contribution in [0.25, 0.3) is 0 Å². The van der Waals surface area contributed by atoms with E-state index in [1.165, 1.54) is 6.20 Å². The van der Waals surface area contributed by atoms with Crippen LogP contribution in [0.5, 0.6) is 0 Å². The van der Waals surface area contributed by atoms with Crippen LogP contribution in [0.4, 0.5) is 5.82 Å². The number of nitro groups is 1. The Morgan fingerprint density at radius 1 is 1.77 bits per heavy atom. The van der Waals surface area contributed by atoms with E-state index in [0.717, 1.165) is 0 Å². The molecule has 2 N–H and O–H groups in total. The molecule has 0 aromatic carbocycles. The average molecular weight is 181 g/mol. The molecule has 0 aliphatic heterocycles. The van der Waals surface area contributed by atoms with Gasteiger partial charge in [-0.15, -0.1) is 0 Å². The smallest absolute Gasteiger partial charge is 0.358 e. The summed E-state index contributed by atoms with van der Waals surface area (Å²) in [5.74, 6) is -0.142. The van der Waals surface area contributed by atoms with E-state index in [-0.39, 0.29) is 11.9 Å². The van der Waals surface area contributed by atoms with Gasteiger partial charge in [0, 0.05) is 6.04 Å². The summed E-state index contributed by atoms with van der Waals surface area (Å²) in [5.41, 5.74) is 6.18. The lowest BCUT2D eigenvalue weighted by Gasteiger charge is -2.07. The highest BCUT2D eigenvalue weighted by molar-refractivity contribution is 5.34. The molecule has 0 aliphatic rings. The molecule has 0 radical (unpaired) electrons. The van der Waals surface area contributed by atoms with Gasteiger partial charge in [0.1, 0.15) is 6.20 Å². The first-order valence-electron chi connectivity index (χ1n) is 4.01. The van der Waals surface area contributed by atoms with Crippen LogP contribution in [0, 0.1) is 10.1 Å². The van der Waals surface area contributed by atoms with Gasteiger partial charge in [0.25, 0.3) is 0 Å². The standard InChI is InChI=1S/C8H11N3O2/c1-2-7(9)6-4-3-5-10-8(6)11(12)13/h3-5,7H,2,9H2,1H3/t7-/m1/s1. The fraction of sp³-hybridized carbons (Fsp3) is 0.375. The van der Waals surface area contributed by atoms with Crippen LogP contribution in [0.1, 0.15) is 24.9 Å². The summed E-state index contributed by atoms with van der Waals surface area (Å²) in [7, 11) is 0. The van der Waals surface area contributed by atoms with Gasteiger partial charge in [-0.25, -0.2) is 0 Å². The van der Waals surface area contributed by atoms with Crippen LogP contribution in [-0.4, -0.2) is 9.91 Å². The number of nitrogens with zero attached hydrogens (tertiary/aromatic N) is 2. The van der Waals surface area contributed by atoms with Gasteiger partial charge in [0.05, 0.1) is 5.56 Å². The predicted octanol–water partition coefficient (Wildman–Crippen LogP) is 1.40. The lowest BCUT2D eigenvalue weighted by molar-refractivity contribution is -0.390. The number of aromatic nitrogens is 1. The van der Waals surface area contributed by atoms with Crippen molar-refractivity contribution in [2.24, 2.45) is 5.73 Å². The normalized spacial score (nSPS) is 12.5. The summed E-state index contributed by atoms with van der Waals surface area (Å²) < 4.78 is 0. The third kappa shape index (κ3) is 2.00. The third-order valence-electron chi connectivity index (χ3n) is 1.83. The van der Waals surface area contributed by atoms with Crippen molar-refractivity contribution in [2.75, 3.05) is 0 Å². The molecule has 0 amide bonds. The van der Waals surface area contributed by atoms with Gasteiger partial charge in [0.2, 0.25) is 0 Å². The Morgan fingerprint density at radius 3 is 3.00 bits per heavy atom. The van der Waals surface area contributed by atoms with E-state index in [2.05, 4.69) is 4.98 Å². The molecular weight excluding hydrogens is 170 g/mol. The maximum Gasteiger partial charge on any atom is 0.368 e. The average Bonchev–Trinajstić information content (AvgIpc) is 2.16. The zero-order valence-electron chi connectivity index (χ0n) is 7.30. The molecule has 0 saturated heterocycles. The van der Waals surface area contributed by atoms with Crippen LogP contribution in [0.2, 0.25) is 0 Å². The molecule has 0 aliphatic carbocycles. The van der Waals surface area contributed by atoms with Crippen molar-refractivity contribution in [1.29, 1.82) is 0 Å². The van der Waals surface area contributed by atoms with Crippen LogP contribution < -0.4 is 5.73 Å². The van der Waals surface area contributed by atoms with Crippen molar-refractivity contribution in [3.8, 4) is 0 Å². The molecule has 1 heterocycles. The summed E-state index contributed by atoms with van der Waals surface area (Å²) >= 11 is 0. The van der Waals surface area contributed by atoms with Gasteiger partial charge < -0.3 is 15.8 Å². The largest absolute Gasteiger partial charge is 0.368 e. The second-order valence-electron chi connectivity index (χ2n) is 2.69. The Kier molecular flexibility index (Phi) is 2.92. The zero-order valence-corrected chi connectivity index (χ0v) is 7.30. The summed E-state index contributed by atoms with van der Waals surface area (Å²) in [5, 5.41) is 10.5. The highest BCUT2D eigenvalue weighted by Gasteiger charge is 2.18. The molecule has 13 heavy (non-hydrogen) atoms. The van der Waals surface area contributed by atoms with Crippen LogP contribution >= 0.6 is 0 Å². The topological polar surface area (TPSA) is 82.0 Å². The summed E-state index contributed by atoms with van der Waals surface area (Å²) in [6, 6.07) is 2.98. The minimum atomic E-state index is -0.509. The zero-order chi connectivity index (χ0) is 9.84. The number of hydrogen-bond donors (Lipinski definition) is 1. The molecular formula is C8H11N3O2. The highest BCUT2D eigenvalue weighted by Crippen LogP contribution is 2.22. The fourth-order valence-electron chi connectivity index (χ4n) is 1.07. The van der Waals surface area contributed by atoms with Gasteiger partial charge in [0.15, 0.2) is 0 Å². The van der Waals surface area contributed by atoms with Crippen molar-refractivity contribution in [3.05, 3.63) is 34.0 Å². The Balaban J connectivity index is 3.11. The Labute approximate surface area is 75.7 Å². The predicted molar refractivity (Wildman–Crippen MR) is 48.1 cm³/mol. The molecule has 1 atom stereocenters. The molecule has 0 fully saturated rings. The first-order chi connectivity index (χ1) is 6.16. The van der Waals surface area contributed by atoms with E-state index < -0.39 is 4.92 Å². The monoisotopic (exact) mass is 181 g/mol. The molecule has 1 aromatic heterocycles. The van der Waals surface area contributed by atoms with E-state index in [1.54, 1.807) is 12.1 Å². The minimum absolute atomic E-state index is 0.142. The fourth-order valence-corrected chi connectivity index (χ4v) is 1.07. The maximum absolute atomic E-state index is 10.5. The molecule has 1 rings (SSSR count). The summed E-state index contributed by atoms with van der Waals surface area (Å²) in [4.78, 5) is 13.7. The SMILES string of the molecule is CC[C@@H](N)c1cccnc1[N+](=O)[O-]. The molecule has 1 aromatic rings. The molecule has 5 nitrogen and oxygen atoms in total. The number of pyridine rings is 1. The Hall–Kier alpha value is -1.49. The minimum Gasteiger partial charge on any atom is -0.358 e. The van der Waals surface area contributed by atoms with Crippen molar-refractivity contribution < 1.29 is 4.92 Å². The third-order valence-corrected chi connectivity index (χ3v) is 1.83. The first-order valence-corrected chi connectivity index (χ1v) is 4.01. The lowest BCUT2D eigenvalue weighted by atomic mass is 10.1. The van der Waals surface area contributed by atoms with Crippen molar-refractivity contribution >= 4 is 5.82 Å². The van der Waals surface area contributed by atoms with Crippen LogP contribution in [-0.2, 0) is 0 Å². The molecule has 5 heteroatoms. The van der Waals surface area contributed by atoms with Crippen LogP contribution in [0.3, 0.4) is 0 Å². The van der Waals surface area contributed by atoms with Crippen molar-refractivity contribution in [1.82, 2.24) is 4.98 Å². The Morgan fingerprint density at radius 2 is 2.46 bits per heavy atom. The second-order valence-corrected chi connectivity index (χ2v) is 2.69. The molecule has 0 spiro atoms. The molecule has 0 bridgehead atoms. The van der Waals surface area contributed by atoms with E-state index >= 15 is 0 Å². The maximum atomic E-state index is 10.5. The van der Waals surface area contributed by atoms with E-state index in [0.29, 0.717) is 12.0 Å². The van der Waals surface area contributed by atoms with Gasteiger partial charge in [-0.1, -0.05) is 6.92 Å². The summed E-state index contributed by atoms with van der Waals surface area (Å²) in [6.45, 7) is 1.88. The second kappa shape index (κ2) is 3.95. The van der Waals surface area contributed by atoms with Gasteiger partial charge in [-0.2, -0.15) is 0 Å². The van der Waals surface area contributed by atoms with E-state index in [4.69, 9.17) is 5.73 Å². The number of hydrogen-bond acceptors (Lipinski definition) is 4. The number of rotatable bonds is 3. The number of nitrogens with two attached hydrogens (primary N) is 1. The van der Waals surface area contributed by atoms with Gasteiger partial charge in [-0.3, -0.25) is 0 Å². The first kappa shape index (κ1) is 9.60. The van der Waals surface area contributed by atoms with E-state index in [1.807, 2.05) is 6.92 Å². The van der Waals surface area contributed by atoms with Crippen LogP contribution in [0.15, 0.2) is 18.3 Å². The van der Waals surface area contributed by atoms with Crippen molar-refractivity contribution in [3.63, 3.8) is 0 Å². The Bertz CT molecular complexity index is 314. The van der Waals surface area contributed by atoms with Crippen molar-refractivity contribution in [2.45, 2.75) is 19.4 Å². The van der Waals surface area contributed by atoms with E-state index in [9.17, 15) is 10.1 Å². The quantitative estimate of drug-likeness (QED) is 0.564. The lowest BCUT2D eigenvalue weighted by Crippen LogP contribution is -2.11. The van der Waals surface area contributed by atoms with Gasteiger partial charge >= 0.3 is 5.82 Å². The highest BCUT2D eigenvalue weighted by atomic mass is 16.6. The molecule has 0 saturated carbocycles. The van der Waals surface area contributed by atoms with Gasteiger partial charge in [-0.05, 0) is 28.5 Å².